The summed E-state index contributed by atoms with van der Waals surface area (Å²) in [7, 11) is 0. The number of anilines is 2. The van der Waals surface area contributed by atoms with Gasteiger partial charge in [0.05, 0.1) is 5.56 Å². The van der Waals surface area contributed by atoms with Gasteiger partial charge in [0.1, 0.15) is 5.82 Å². The normalized spacial score (nSPS) is 14.9. The summed E-state index contributed by atoms with van der Waals surface area (Å²) in [4.78, 5) is 18.8. The SMILES string of the molecule is O=C(Nc1ccccc1Cc1ccccc1)C1CCN(c2ccc(C(F)(F)F)cn2)CC1. The number of alkyl halides is 3. The molecule has 1 N–H and O–H groups in total. The molecule has 0 atom stereocenters. The van der Waals surface area contributed by atoms with Crippen LogP contribution in [0, 0.1) is 5.92 Å². The molecule has 0 unspecified atom stereocenters. The highest BCUT2D eigenvalue weighted by molar-refractivity contribution is 5.93. The number of carbonyl (C=O) groups excluding carboxylic acids is 1. The Hall–Kier alpha value is -3.35. The van der Waals surface area contributed by atoms with Gasteiger partial charge in [-0.15, -0.1) is 0 Å². The minimum absolute atomic E-state index is 0.0226. The molecule has 0 spiro atoms. The van der Waals surface area contributed by atoms with E-state index in [1.807, 2.05) is 47.4 Å². The number of nitrogens with one attached hydrogen (secondary N) is 1. The third-order valence-electron chi connectivity index (χ3n) is 5.78. The fraction of sp³-hybridized carbons (Fsp3) is 0.280. The molecule has 1 fully saturated rings. The summed E-state index contributed by atoms with van der Waals surface area (Å²) in [6.45, 7) is 1.14. The second-order valence-electron chi connectivity index (χ2n) is 7.97. The lowest BCUT2D eigenvalue weighted by Gasteiger charge is -2.32. The molecule has 1 amide bonds. The molecule has 1 saturated heterocycles. The fourth-order valence-corrected chi connectivity index (χ4v) is 3.96. The van der Waals surface area contributed by atoms with E-state index >= 15 is 0 Å². The molecule has 4 rings (SSSR count). The molecule has 3 aromatic rings. The zero-order valence-corrected chi connectivity index (χ0v) is 17.5. The molecule has 1 aliphatic heterocycles. The van der Waals surface area contributed by atoms with Crippen LogP contribution >= 0.6 is 0 Å². The first-order chi connectivity index (χ1) is 15.4. The van der Waals surface area contributed by atoms with Gasteiger partial charge in [0.25, 0.3) is 0 Å². The number of para-hydroxylation sites is 1. The van der Waals surface area contributed by atoms with Crippen molar-refractivity contribution >= 4 is 17.4 Å². The highest BCUT2D eigenvalue weighted by atomic mass is 19.4. The van der Waals surface area contributed by atoms with Gasteiger partial charge in [-0.1, -0.05) is 48.5 Å². The lowest BCUT2D eigenvalue weighted by Crippen LogP contribution is -2.38. The molecule has 1 aromatic heterocycles. The van der Waals surface area contributed by atoms with Gasteiger partial charge in [0.15, 0.2) is 0 Å². The maximum absolute atomic E-state index is 12.9. The second kappa shape index (κ2) is 9.42. The Morgan fingerprint density at radius 2 is 1.66 bits per heavy atom. The van der Waals surface area contributed by atoms with Crippen molar-refractivity contribution in [3.63, 3.8) is 0 Å². The van der Waals surface area contributed by atoms with E-state index in [0.717, 1.165) is 29.9 Å². The van der Waals surface area contributed by atoms with Crippen LogP contribution in [0.5, 0.6) is 0 Å². The summed E-state index contributed by atoms with van der Waals surface area (Å²) in [6, 6.07) is 20.3. The lowest BCUT2D eigenvalue weighted by molar-refractivity contribution is -0.137. The maximum atomic E-state index is 12.9. The van der Waals surface area contributed by atoms with Gasteiger partial charge >= 0.3 is 6.18 Å². The van der Waals surface area contributed by atoms with Crippen LogP contribution in [0.3, 0.4) is 0 Å². The molecular weight excluding hydrogens is 415 g/mol. The molecule has 4 nitrogen and oxygen atoms in total. The largest absolute Gasteiger partial charge is 0.417 e. The zero-order valence-electron chi connectivity index (χ0n) is 17.5. The van der Waals surface area contributed by atoms with Crippen molar-refractivity contribution in [1.29, 1.82) is 0 Å². The first-order valence-corrected chi connectivity index (χ1v) is 10.6. The summed E-state index contributed by atoms with van der Waals surface area (Å²) >= 11 is 0. The number of amides is 1. The average molecular weight is 439 g/mol. The van der Waals surface area contributed by atoms with Crippen molar-refractivity contribution in [3.8, 4) is 0 Å². The van der Waals surface area contributed by atoms with E-state index in [4.69, 9.17) is 0 Å². The Kier molecular flexibility index (Phi) is 6.44. The maximum Gasteiger partial charge on any atom is 0.417 e. The number of nitrogens with zero attached hydrogens (tertiary/aromatic N) is 2. The van der Waals surface area contributed by atoms with Crippen LogP contribution in [0.4, 0.5) is 24.7 Å². The van der Waals surface area contributed by atoms with Gasteiger partial charge in [-0.3, -0.25) is 4.79 Å². The van der Waals surface area contributed by atoms with Gasteiger partial charge < -0.3 is 10.2 Å². The van der Waals surface area contributed by atoms with Crippen molar-refractivity contribution in [2.24, 2.45) is 5.92 Å². The number of piperidine rings is 1. The Morgan fingerprint density at radius 3 is 2.31 bits per heavy atom. The summed E-state index contributed by atoms with van der Waals surface area (Å²) in [6.07, 6.45) is -1.56. The van der Waals surface area contributed by atoms with E-state index in [2.05, 4.69) is 22.4 Å². The smallest absolute Gasteiger partial charge is 0.357 e. The van der Waals surface area contributed by atoms with E-state index in [0.29, 0.717) is 31.7 Å². The number of aromatic nitrogens is 1. The number of halogens is 3. The lowest BCUT2D eigenvalue weighted by atomic mass is 9.95. The Morgan fingerprint density at radius 1 is 0.969 bits per heavy atom. The van der Waals surface area contributed by atoms with E-state index in [1.165, 1.54) is 11.6 Å². The van der Waals surface area contributed by atoms with E-state index in [-0.39, 0.29) is 11.8 Å². The molecule has 7 heteroatoms. The van der Waals surface area contributed by atoms with Crippen molar-refractivity contribution < 1.29 is 18.0 Å². The molecule has 2 aromatic carbocycles. The van der Waals surface area contributed by atoms with Crippen LogP contribution < -0.4 is 10.2 Å². The molecule has 2 heterocycles. The highest BCUT2D eigenvalue weighted by Gasteiger charge is 2.31. The molecule has 0 radical (unpaired) electrons. The van der Waals surface area contributed by atoms with Gasteiger partial charge in [-0.05, 0) is 48.6 Å². The second-order valence-corrected chi connectivity index (χ2v) is 7.97. The number of hydrogen-bond acceptors (Lipinski definition) is 3. The van der Waals surface area contributed by atoms with Crippen LogP contribution in [0.1, 0.15) is 29.5 Å². The molecule has 0 aliphatic carbocycles. The monoisotopic (exact) mass is 439 g/mol. The van der Waals surface area contributed by atoms with Crippen molar-refractivity contribution in [3.05, 3.63) is 89.6 Å². The predicted molar refractivity (Wildman–Crippen MR) is 118 cm³/mol. The van der Waals surface area contributed by atoms with Gasteiger partial charge in [-0.25, -0.2) is 4.98 Å². The van der Waals surface area contributed by atoms with Crippen LogP contribution in [-0.2, 0) is 17.4 Å². The van der Waals surface area contributed by atoms with Crippen LogP contribution in [0.2, 0.25) is 0 Å². The van der Waals surface area contributed by atoms with Crippen molar-refractivity contribution in [2.75, 3.05) is 23.3 Å². The van der Waals surface area contributed by atoms with E-state index in [1.54, 1.807) is 0 Å². The summed E-state index contributed by atoms with van der Waals surface area (Å²) in [5.74, 6) is 0.334. The van der Waals surface area contributed by atoms with Gasteiger partial charge in [-0.2, -0.15) is 13.2 Å². The predicted octanol–water partition coefficient (Wildman–Crippen LogP) is 5.55. The zero-order chi connectivity index (χ0) is 22.6. The van der Waals surface area contributed by atoms with Crippen LogP contribution in [0.15, 0.2) is 72.9 Å². The first-order valence-electron chi connectivity index (χ1n) is 10.6. The summed E-state index contributed by atoms with van der Waals surface area (Å²) in [5.41, 5.74) is 2.28. The van der Waals surface area contributed by atoms with Crippen molar-refractivity contribution in [2.45, 2.75) is 25.4 Å². The molecule has 32 heavy (non-hydrogen) atoms. The van der Waals surface area contributed by atoms with Crippen LogP contribution in [0.25, 0.3) is 0 Å². The van der Waals surface area contributed by atoms with Gasteiger partial charge in [0.2, 0.25) is 5.91 Å². The number of benzene rings is 2. The minimum atomic E-state index is -4.40. The molecular formula is C25H24F3N3O. The summed E-state index contributed by atoms with van der Waals surface area (Å²) in [5, 5.41) is 3.08. The van der Waals surface area contributed by atoms with Gasteiger partial charge in [0, 0.05) is 30.9 Å². The fourth-order valence-electron chi connectivity index (χ4n) is 3.96. The van der Waals surface area contributed by atoms with E-state index < -0.39 is 11.7 Å². The Bertz CT molecular complexity index is 1040. The third-order valence-corrected chi connectivity index (χ3v) is 5.78. The third kappa shape index (κ3) is 5.28. The molecule has 166 valence electrons. The molecule has 0 bridgehead atoms. The standard InChI is InChI=1S/C25H24F3N3O/c26-25(27,28)21-10-11-23(29-17-21)31-14-12-19(13-15-31)24(32)30-22-9-5-4-8-20(22)16-18-6-2-1-3-7-18/h1-11,17,19H,12-16H2,(H,30,32). The van der Waals surface area contributed by atoms with E-state index in [9.17, 15) is 18.0 Å². The highest BCUT2D eigenvalue weighted by Crippen LogP contribution is 2.30. The number of rotatable bonds is 5. The average Bonchev–Trinajstić information content (AvgIpc) is 2.81. The van der Waals surface area contributed by atoms with Crippen molar-refractivity contribution in [1.82, 2.24) is 4.98 Å². The Balaban J connectivity index is 1.35. The number of pyridine rings is 1. The minimum Gasteiger partial charge on any atom is -0.357 e. The first kappa shape index (κ1) is 21.9. The quantitative estimate of drug-likeness (QED) is 0.567. The molecule has 1 aliphatic rings. The Labute approximate surface area is 185 Å². The number of hydrogen-bond donors (Lipinski definition) is 1. The number of carbonyl (C=O) groups is 1. The summed E-state index contributed by atoms with van der Waals surface area (Å²) < 4.78 is 38.2. The topological polar surface area (TPSA) is 45.2 Å². The van der Waals surface area contributed by atoms with Crippen LogP contribution in [-0.4, -0.2) is 24.0 Å². The molecule has 0 saturated carbocycles.